The number of hydrogen-bond acceptors (Lipinski definition) is 5. The molecule has 0 atom stereocenters. The van der Waals surface area contributed by atoms with Crippen LogP contribution in [0.5, 0.6) is 11.5 Å². The lowest BCUT2D eigenvalue weighted by molar-refractivity contribution is -0.124. The number of amides is 2. The highest BCUT2D eigenvalue weighted by Crippen LogP contribution is 2.33. The second-order valence-electron chi connectivity index (χ2n) is 6.69. The smallest absolute Gasteiger partial charge is 0.240 e. The monoisotopic (exact) mass is 533 g/mol. The van der Waals surface area contributed by atoms with Crippen molar-refractivity contribution in [1.82, 2.24) is 5.43 Å². The van der Waals surface area contributed by atoms with E-state index in [1.807, 2.05) is 38.1 Å². The fourth-order valence-electron chi connectivity index (χ4n) is 2.61. The maximum atomic E-state index is 12.1. The van der Waals surface area contributed by atoms with E-state index in [0.29, 0.717) is 17.1 Å². The Kier molecular flexibility index (Phi) is 9.34. The molecule has 31 heavy (non-hydrogen) atoms. The SMILES string of the molecule is C#CCOc1c(I)cc(C=NNC(=O)CCC(=O)Nc2cc(C)ccc2C)cc1OC. The number of nitrogens with zero attached hydrogens (tertiary/aromatic N) is 1. The summed E-state index contributed by atoms with van der Waals surface area (Å²) >= 11 is 2.11. The second kappa shape index (κ2) is 12.0. The number of ether oxygens (including phenoxy) is 2. The molecule has 0 unspecified atom stereocenters. The highest BCUT2D eigenvalue weighted by molar-refractivity contribution is 14.1. The van der Waals surface area contributed by atoms with Crippen molar-refractivity contribution in [3.05, 3.63) is 50.6 Å². The summed E-state index contributed by atoms with van der Waals surface area (Å²) in [5.74, 6) is 2.89. The van der Waals surface area contributed by atoms with Crippen molar-refractivity contribution in [2.45, 2.75) is 26.7 Å². The van der Waals surface area contributed by atoms with E-state index in [4.69, 9.17) is 15.9 Å². The zero-order valence-electron chi connectivity index (χ0n) is 17.6. The molecule has 162 valence electrons. The molecule has 0 spiro atoms. The van der Waals surface area contributed by atoms with Gasteiger partial charge in [-0.1, -0.05) is 18.1 Å². The number of anilines is 1. The fourth-order valence-corrected chi connectivity index (χ4v) is 3.39. The first-order valence-corrected chi connectivity index (χ1v) is 10.5. The predicted octanol–water partition coefficient (Wildman–Crippen LogP) is 3.80. The molecule has 0 saturated heterocycles. The van der Waals surface area contributed by atoms with Crippen LogP contribution in [0.2, 0.25) is 0 Å². The first-order chi connectivity index (χ1) is 14.8. The topological polar surface area (TPSA) is 89.0 Å². The molecule has 0 bridgehead atoms. The molecule has 2 rings (SSSR count). The minimum absolute atomic E-state index is 0.0216. The third kappa shape index (κ3) is 7.61. The number of hydrazone groups is 1. The van der Waals surface area contributed by atoms with Crippen molar-refractivity contribution in [2.24, 2.45) is 5.10 Å². The van der Waals surface area contributed by atoms with Crippen LogP contribution in [0.3, 0.4) is 0 Å². The van der Waals surface area contributed by atoms with E-state index >= 15 is 0 Å². The van der Waals surface area contributed by atoms with Gasteiger partial charge in [0.2, 0.25) is 11.8 Å². The molecular formula is C23H24IN3O4. The zero-order chi connectivity index (χ0) is 22.8. The molecule has 2 aromatic rings. The molecule has 8 heteroatoms. The number of carbonyl (C=O) groups is 2. The second-order valence-corrected chi connectivity index (χ2v) is 7.85. The summed E-state index contributed by atoms with van der Waals surface area (Å²) in [5.41, 5.74) is 5.91. The van der Waals surface area contributed by atoms with Crippen molar-refractivity contribution in [2.75, 3.05) is 19.0 Å². The van der Waals surface area contributed by atoms with Crippen LogP contribution < -0.4 is 20.2 Å². The first-order valence-electron chi connectivity index (χ1n) is 9.46. The summed E-state index contributed by atoms with van der Waals surface area (Å²) < 4.78 is 11.6. The number of terminal acetylenes is 1. The Morgan fingerprint density at radius 2 is 1.94 bits per heavy atom. The molecule has 0 aromatic heterocycles. The maximum Gasteiger partial charge on any atom is 0.240 e. The van der Waals surface area contributed by atoms with Gasteiger partial charge in [-0.05, 0) is 71.3 Å². The zero-order valence-corrected chi connectivity index (χ0v) is 19.8. The molecule has 7 nitrogen and oxygen atoms in total. The lowest BCUT2D eigenvalue weighted by Gasteiger charge is -2.11. The predicted molar refractivity (Wildman–Crippen MR) is 130 cm³/mol. The van der Waals surface area contributed by atoms with Crippen LogP contribution in [0, 0.1) is 29.8 Å². The van der Waals surface area contributed by atoms with Gasteiger partial charge in [-0.25, -0.2) is 5.43 Å². The van der Waals surface area contributed by atoms with Crippen molar-refractivity contribution in [1.29, 1.82) is 0 Å². The molecule has 0 aliphatic heterocycles. The molecular weight excluding hydrogens is 509 g/mol. The van der Waals surface area contributed by atoms with Crippen molar-refractivity contribution in [3.63, 3.8) is 0 Å². The summed E-state index contributed by atoms with van der Waals surface area (Å²) in [4.78, 5) is 24.1. The normalized spacial score (nSPS) is 10.4. The van der Waals surface area contributed by atoms with Crippen LogP contribution in [-0.4, -0.2) is 31.7 Å². The fraction of sp³-hybridized carbons (Fsp3) is 0.261. The van der Waals surface area contributed by atoms with Crippen LogP contribution in [0.15, 0.2) is 35.4 Å². The quantitative estimate of drug-likeness (QED) is 0.222. The number of carbonyl (C=O) groups excluding carboxylic acids is 2. The van der Waals surface area contributed by atoms with E-state index in [0.717, 1.165) is 20.4 Å². The van der Waals surface area contributed by atoms with Gasteiger partial charge in [0.25, 0.3) is 0 Å². The van der Waals surface area contributed by atoms with Crippen molar-refractivity contribution >= 4 is 46.3 Å². The van der Waals surface area contributed by atoms with E-state index in [-0.39, 0.29) is 31.3 Å². The van der Waals surface area contributed by atoms with Crippen LogP contribution >= 0.6 is 22.6 Å². The Hall–Kier alpha value is -3.06. The van der Waals surface area contributed by atoms with Gasteiger partial charge >= 0.3 is 0 Å². The molecule has 0 aliphatic carbocycles. The molecule has 2 aromatic carbocycles. The lowest BCUT2D eigenvalue weighted by atomic mass is 10.1. The van der Waals surface area contributed by atoms with Crippen LogP contribution in [0.1, 0.15) is 29.5 Å². The Labute approximate surface area is 195 Å². The van der Waals surface area contributed by atoms with E-state index in [1.165, 1.54) is 13.3 Å². The minimum atomic E-state index is -0.358. The molecule has 2 amide bonds. The summed E-state index contributed by atoms with van der Waals surface area (Å²) in [5, 5.41) is 6.78. The van der Waals surface area contributed by atoms with Crippen molar-refractivity contribution in [3.8, 4) is 23.8 Å². The van der Waals surface area contributed by atoms with Gasteiger partial charge in [-0.15, -0.1) is 6.42 Å². The van der Waals surface area contributed by atoms with Gasteiger partial charge in [0.05, 0.1) is 16.9 Å². The van der Waals surface area contributed by atoms with Gasteiger partial charge in [0.15, 0.2) is 11.5 Å². The third-order valence-corrected chi connectivity index (χ3v) is 5.00. The summed E-state index contributed by atoms with van der Waals surface area (Å²) in [6.07, 6.45) is 6.80. The molecule has 0 saturated carbocycles. The van der Waals surface area contributed by atoms with E-state index in [1.54, 1.807) is 6.07 Å². The Bertz CT molecular complexity index is 1030. The number of rotatable bonds is 9. The number of hydrogen-bond donors (Lipinski definition) is 2. The lowest BCUT2D eigenvalue weighted by Crippen LogP contribution is -2.21. The van der Waals surface area contributed by atoms with Gasteiger partial charge in [0.1, 0.15) is 6.61 Å². The van der Waals surface area contributed by atoms with E-state index in [2.05, 4.69) is 44.4 Å². The maximum absolute atomic E-state index is 12.1. The van der Waals surface area contributed by atoms with Gasteiger partial charge in [0, 0.05) is 18.5 Å². The van der Waals surface area contributed by atoms with Crippen LogP contribution in [-0.2, 0) is 9.59 Å². The number of benzene rings is 2. The Morgan fingerprint density at radius 3 is 2.65 bits per heavy atom. The van der Waals surface area contributed by atoms with Crippen LogP contribution in [0.25, 0.3) is 0 Å². The molecule has 2 N–H and O–H groups in total. The number of methoxy groups -OCH3 is 1. The minimum Gasteiger partial charge on any atom is -0.493 e. The van der Waals surface area contributed by atoms with E-state index < -0.39 is 0 Å². The standard InChI is InChI=1S/C23H24IN3O4/c1-5-10-31-23-18(24)12-17(13-20(23)30-4)14-25-27-22(29)9-8-21(28)26-19-11-15(2)6-7-16(19)3/h1,6-7,11-14H,8-10H2,2-4H3,(H,26,28)(H,27,29). The highest BCUT2D eigenvalue weighted by Gasteiger charge is 2.11. The molecule has 0 aliphatic rings. The van der Waals surface area contributed by atoms with Gasteiger partial charge in [-0.3, -0.25) is 9.59 Å². The average molecular weight is 533 g/mol. The molecule has 0 heterocycles. The van der Waals surface area contributed by atoms with E-state index in [9.17, 15) is 9.59 Å². The first kappa shape index (κ1) is 24.2. The number of nitrogens with one attached hydrogen (secondary N) is 2. The largest absolute Gasteiger partial charge is 0.493 e. The van der Waals surface area contributed by atoms with Gasteiger partial charge < -0.3 is 14.8 Å². The van der Waals surface area contributed by atoms with Crippen LogP contribution in [0.4, 0.5) is 5.69 Å². The molecule has 0 radical (unpaired) electrons. The number of halogens is 1. The summed E-state index contributed by atoms with van der Waals surface area (Å²) in [6.45, 7) is 4.00. The van der Waals surface area contributed by atoms with Gasteiger partial charge in [-0.2, -0.15) is 5.10 Å². The molecule has 0 fully saturated rings. The summed E-state index contributed by atoms with van der Waals surface area (Å²) in [7, 11) is 1.53. The van der Waals surface area contributed by atoms with Crippen molar-refractivity contribution < 1.29 is 19.1 Å². The highest BCUT2D eigenvalue weighted by atomic mass is 127. The Morgan fingerprint density at radius 1 is 1.19 bits per heavy atom. The summed E-state index contributed by atoms with van der Waals surface area (Å²) in [6, 6.07) is 9.36. The third-order valence-electron chi connectivity index (χ3n) is 4.20. The average Bonchev–Trinajstić information content (AvgIpc) is 2.73. The Balaban J connectivity index is 1.88. The number of aryl methyl sites for hydroxylation is 2.